The molecule has 1 saturated carbocycles. The van der Waals surface area contributed by atoms with Gasteiger partial charge >= 0.3 is 0 Å². The van der Waals surface area contributed by atoms with E-state index in [0.29, 0.717) is 17.9 Å². The summed E-state index contributed by atoms with van der Waals surface area (Å²) in [6.07, 6.45) is 6.82. The minimum atomic E-state index is -0.578. The Morgan fingerprint density at radius 1 is 1.25 bits per heavy atom. The van der Waals surface area contributed by atoms with Crippen molar-refractivity contribution in [1.29, 1.82) is 0 Å². The van der Waals surface area contributed by atoms with E-state index in [-0.39, 0.29) is 0 Å². The average molecular weight is 227 g/mol. The van der Waals surface area contributed by atoms with Crippen molar-refractivity contribution in [2.45, 2.75) is 65.4 Å². The van der Waals surface area contributed by atoms with Gasteiger partial charge in [0.05, 0.1) is 5.60 Å². The second-order valence-electron chi connectivity index (χ2n) is 6.49. The Balaban J connectivity index is 2.29. The fraction of sp³-hybridized carbons (Fsp3) is 1.00. The molecular formula is C14H29NO. The first kappa shape index (κ1) is 14.0. The summed E-state index contributed by atoms with van der Waals surface area (Å²) in [5, 5.41) is 13.6. The molecule has 0 amide bonds. The third-order valence-electron chi connectivity index (χ3n) is 4.34. The van der Waals surface area contributed by atoms with Crippen LogP contribution in [0.1, 0.15) is 59.8 Å². The molecular weight excluding hydrogens is 198 g/mol. The van der Waals surface area contributed by atoms with Gasteiger partial charge in [-0.3, -0.25) is 0 Å². The van der Waals surface area contributed by atoms with Crippen molar-refractivity contribution in [3.8, 4) is 0 Å². The quantitative estimate of drug-likeness (QED) is 0.757. The normalized spacial score (nSPS) is 24.4. The van der Waals surface area contributed by atoms with Crippen LogP contribution in [-0.4, -0.2) is 23.8 Å². The third-order valence-corrected chi connectivity index (χ3v) is 4.34. The lowest BCUT2D eigenvalue weighted by Gasteiger charge is -2.36. The van der Waals surface area contributed by atoms with Gasteiger partial charge in [0.15, 0.2) is 0 Å². The van der Waals surface area contributed by atoms with Gasteiger partial charge in [-0.05, 0) is 31.1 Å². The van der Waals surface area contributed by atoms with Crippen molar-refractivity contribution in [3.63, 3.8) is 0 Å². The highest BCUT2D eigenvalue weighted by atomic mass is 16.3. The Bertz CT molecular complexity index is 205. The smallest absolute Gasteiger partial charge is 0.0766 e. The third kappa shape index (κ3) is 4.06. The highest BCUT2D eigenvalue weighted by Gasteiger charge is 2.29. The maximum atomic E-state index is 10.1. The van der Waals surface area contributed by atoms with Gasteiger partial charge in [0.2, 0.25) is 0 Å². The van der Waals surface area contributed by atoms with E-state index in [2.05, 4.69) is 26.1 Å². The zero-order valence-electron chi connectivity index (χ0n) is 11.5. The number of rotatable bonds is 5. The van der Waals surface area contributed by atoms with E-state index >= 15 is 0 Å². The van der Waals surface area contributed by atoms with Gasteiger partial charge in [0.1, 0.15) is 0 Å². The fourth-order valence-corrected chi connectivity index (χ4v) is 2.40. The summed E-state index contributed by atoms with van der Waals surface area (Å²) in [4.78, 5) is 0. The predicted molar refractivity (Wildman–Crippen MR) is 69.5 cm³/mol. The molecule has 1 rings (SSSR count). The molecule has 0 aromatic rings. The van der Waals surface area contributed by atoms with Crippen LogP contribution in [0.3, 0.4) is 0 Å². The number of hydrogen-bond acceptors (Lipinski definition) is 2. The minimum Gasteiger partial charge on any atom is -0.389 e. The standard InChI is InChI=1S/C14H29NO/c1-12(2)14(4,16)11-15-10-13(3)8-6-5-7-9-13/h12,15-16H,5-11H2,1-4H3. The van der Waals surface area contributed by atoms with E-state index in [1.54, 1.807) is 0 Å². The summed E-state index contributed by atoms with van der Waals surface area (Å²) in [5.41, 5.74) is -0.115. The zero-order chi connectivity index (χ0) is 12.2. The molecule has 0 radical (unpaired) electrons. The summed E-state index contributed by atoms with van der Waals surface area (Å²) in [5.74, 6) is 0.305. The monoisotopic (exact) mass is 227 g/mol. The van der Waals surface area contributed by atoms with Gasteiger partial charge < -0.3 is 10.4 Å². The zero-order valence-corrected chi connectivity index (χ0v) is 11.5. The van der Waals surface area contributed by atoms with E-state index in [4.69, 9.17) is 0 Å². The van der Waals surface area contributed by atoms with Crippen LogP contribution in [0, 0.1) is 11.3 Å². The molecule has 0 bridgehead atoms. The molecule has 96 valence electrons. The van der Waals surface area contributed by atoms with Crippen molar-refractivity contribution in [2.75, 3.05) is 13.1 Å². The van der Waals surface area contributed by atoms with Gasteiger partial charge in [0, 0.05) is 13.1 Å². The van der Waals surface area contributed by atoms with E-state index in [9.17, 15) is 5.11 Å². The largest absolute Gasteiger partial charge is 0.389 e. The lowest BCUT2D eigenvalue weighted by atomic mass is 9.75. The maximum Gasteiger partial charge on any atom is 0.0766 e. The lowest BCUT2D eigenvalue weighted by Crippen LogP contribution is -2.45. The average Bonchev–Trinajstić information content (AvgIpc) is 2.17. The van der Waals surface area contributed by atoms with Gasteiger partial charge in [-0.2, -0.15) is 0 Å². The molecule has 1 aliphatic carbocycles. The van der Waals surface area contributed by atoms with Crippen molar-refractivity contribution in [3.05, 3.63) is 0 Å². The molecule has 0 aromatic heterocycles. The van der Waals surface area contributed by atoms with Crippen molar-refractivity contribution >= 4 is 0 Å². The first-order valence-electron chi connectivity index (χ1n) is 6.79. The van der Waals surface area contributed by atoms with Crippen LogP contribution in [0.15, 0.2) is 0 Å². The molecule has 2 nitrogen and oxygen atoms in total. The molecule has 0 saturated heterocycles. The molecule has 0 aromatic carbocycles. The summed E-state index contributed by atoms with van der Waals surface area (Å²) >= 11 is 0. The molecule has 2 N–H and O–H groups in total. The van der Waals surface area contributed by atoms with Gasteiger partial charge in [-0.25, -0.2) is 0 Å². The van der Waals surface area contributed by atoms with Crippen LogP contribution >= 0.6 is 0 Å². The molecule has 1 aliphatic rings. The minimum absolute atomic E-state index is 0.305. The Labute approximate surface area is 101 Å². The van der Waals surface area contributed by atoms with Gasteiger partial charge in [0.25, 0.3) is 0 Å². The molecule has 16 heavy (non-hydrogen) atoms. The molecule has 0 aliphatic heterocycles. The van der Waals surface area contributed by atoms with Crippen LogP contribution in [-0.2, 0) is 0 Å². The van der Waals surface area contributed by atoms with Gasteiger partial charge in [-0.15, -0.1) is 0 Å². The van der Waals surface area contributed by atoms with E-state index < -0.39 is 5.60 Å². The topological polar surface area (TPSA) is 32.3 Å². The number of nitrogens with one attached hydrogen (secondary N) is 1. The molecule has 0 heterocycles. The molecule has 1 atom stereocenters. The Morgan fingerprint density at radius 2 is 1.81 bits per heavy atom. The van der Waals surface area contributed by atoms with Crippen LogP contribution in [0.25, 0.3) is 0 Å². The maximum absolute atomic E-state index is 10.1. The Morgan fingerprint density at radius 3 is 2.31 bits per heavy atom. The van der Waals surface area contributed by atoms with E-state index in [1.165, 1.54) is 32.1 Å². The summed E-state index contributed by atoms with van der Waals surface area (Å²) < 4.78 is 0. The molecule has 1 unspecified atom stereocenters. The second kappa shape index (κ2) is 5.50. The summed E-state index contributed by atoms with van der Waals surface area (Å²) in [6.45, 7) is 10.2. The second-order valence-corrected chi connectivity index (χ2v) is 6.49. The number of hydrogen-bond donors (Lipinski definition) is 2. The molecule has 0 spiro atoms. The highest BCUT2D eigenvalue weighted by molar-refractivity contribution is 4.84. The van der Waals surface area contributed by atoms with E-state index in [1.807, 2.05) is 6.92 Å². The fourth-order valence-electron chi connectivity index (χ4n) is 2.40. The molecule has 2 heteroatoms. The van der Waals surface area contributed by atoms with E-state index in [0.717, 1.165) is 6.54 Å². The van der Waals surface area contributed by atoms with Crippen molar-refractivity contribution < 1.29 is 5.11 Å². The first-order valence-corrected chi connectivity index (χ1v) is 6.79. The Hall–Kier alpha value is -0.0800. The highest BCUT2D eigenvalue weighted by Crippen LogP contribution is 2.35. The predicted octanol–water partition coefficient (Wildman–Crippen LogP) is 2.95. The SMILES string of the molecule is CC(C)C(C)(O)CNCC1(C)CCCCC1. The van der Waals surface area contributed by atoms with Crippen molar-refractivity contribution in [1.82, 2.24) is 5.32 Å². The summed E-state index contributed by atoms with van der Waals surface area (Å²) in [6, 6.07) is 0. The van der Waals surface area contributed by atoms with Crippen LogP contribution in [0.5, 0.6) is 0 Å². The lowest BCUT2D eigenvalue weighted by molar-refractivity contribution is 0.0112. The Kier molecular flexibility index (Phi) is 4.81. The van der Waals surface area contributed by atoms with Crippen molar-refractivity contribution in [2.24, 2.45) is 11.3 Å². The molecule has 1 fully saturated rings. The van der Waals surface area contributed by atoms with Crippen LogP contribution in [0.2, 0.25) is 0 Å². The van der Waals surface area contributed by atoms with Crippen LogP contribution in [0.4, 0.5) is 0 Å². The van der Waals surface area contributed by atoms with Gasteiger partial charge in [-0.1, -0.05) is 40.0 Å². The summed E-state index contributed by atoms with van der Waals surface area (Å²) in [7, 11) is 0. The number of aliphatic hydroxyl groups is 1. The first-order chi connectivity index (χ1) is 7.36. The van der Waals surface area contributed by atoms with Crippen LogP contribution < -0.4 is 5.32 Å².